The number of hydrogen-bond donors (Lipinski definition) is 1. The molecule has 3 rings (SSSR count). The summed E-state index contributed by atoms with van der Waals surface area (Å²) >= 11 is 3.08. The Kier molecular flexibility index (Phi) is 7.06. The Bertz CT molecular complexity index is 842. The number of aromatic nitrogens is 3. The Hall–Kier alpha value is -2.12. The molecular weight excluding hydrogens is 376 g/mol. The number of nitrogens with zero attached hydrogens (tertiary/aromatic N) is 3. The summed E-state index contributed by atoms with van der Waals surface area (Å²) < 4.78 is 2.09. The second kappa shape index (κ2) is 9.71. The predicted octanol–water partition coefficient (Wildman–Crippen LogP) is 4.45. The number of carbonyl (C=O) groups is 1. The van der Waals surface area contributed by atoms with Gasteiger partial charge in [-0.2, -0.15) is 0 Å². The van der Waals surface area contributed by atoms with Gasteiger partial charge >= 0.3 is 0 Å². The first kappa shape index (κ1) is 19.6. The summed E-state index contributed by atoms with van der Waals surface area (Å²) in [6, 6.07) is 14.5. The van der Waals surface area contributed by atoms with Crippen LogP contribution in [0.15, 0.2) is 53.0 Å². The highest BCUT2D eigenvalue weighted by atomic mass is 32.2. The van der Waals surface area contributed by atoms with E-state index in [0.29, 0.717) is 12.3 Å². The lowest BCUT2D eigenvalue weighted by molar-refractivity contribution is -0.119. The minimum atomic E-state index is 0.0423. The Labute approximate surface area is 168 Å². The van der Waals surface area contributed by atoms with E-state index in [-0.39, 0.29) is 11.9 Å². The van der Waals surface area contributed by atoms with Crippen molar-refractivity contribution >= 4 is 29.0 Å². The third-order valence-electron chi connectivity index (χ3n) is 4.32. The molecule has 3 aromatic rings. The number of rotatable bonds is 9. The monoisotopic (exact) mass is 400 g/mol. The molecule has 0 aliphatic heterocycles. The number of thiophene rings is 1. The van der Waals surface area contributed by atoms with Crippen molar-refractivity contribution < 1.29 is 4.79 Å². The van der Waals surface area contributed by atoms with Gasteiger partial charge in [-0.1, -0.05) is 62.0 Å². The summed E-state index contributed by atoms with van der Waals surface area (Å²) in [4.78, 5) is 13.3. The number of benzene rings is 1. The van der Waals surface area contributed by atoms with Crippen molar-refractivity contribution in [1.29, 1.82) is 0 Å². The second-order valence-electron chi connectivity index (χ2n) is 6.22. The zero-order valence-corrected chi connectivity index (χ0v) is 17.2. The molecule has 1 amide bonds. The van der Waals surface area contributed by atoms with Crippen LogP contribution in [0.3, 0.4) is 0 Å². The van der Waals surface area contributed by atoms with Gasteiger partial charge in [-0.25, -0.2) is 0 Å². The fraction of sp³-hybridized carbons (Fsp3) is 0.350. The highest BCUT2D eigenvalue weighted by molar-refractivity contribution is 7.99. The summed E-state index contributed by atoms with van der Waals surface area (Å²) in [5, 5.41) is 14.6. The van der Waals surface area contributed by atoms with Crippen LogP contribution in [0.25, 0.3) is 10.7 Å². The molecule has 2 heterocycles. The normalized spacial score (nSPS) is 11.1. The first-order valence-electron chi connectivity index (χ1n) is 9.14. The zero-order chi connectivity index (χ0) is 19.1. The Balaban J connectivity index is 1.77. The number of hydrogen-bond acceptors (Lipinski definition) is 5. The molecule has 5 nitrogen and oxygen atoms in total. The molecule has 0 spiro atoms. The topological polar surface area (TPSA) is 59.8 Å². The van der Waals surface area contributed by atoms with Crippen LogP contribution in [0, 0.1) is 0 Å². The lowest BCUT2D eigenvalue weighted by atomic mass is 10.2. The van der Waals surface area contributed by atoms with Crippen LogP contribution in [0.4, 0.5) is 0 Å². The van der Waals surface area contributed by atoms with E-state index in [1.165, 1.54) is 17.3 Å². The zero-order valence-electron chi connectivity index (χ0n) is 15.6. The van der Waals surface area contributed by atoms with Crippen molar-refractivity contribution in [2.24, 2.45) is 0 Å². The highest BCUT2D eigenvalue weighted by Crippen LogP contribution is 2.28. The highest BCUT2D eigenvalue weighted by Gasteiger charge is 2.17. The number of nitrogens with one attached hydrogen (secondary N) is 1. The largest absolute Gasteiger partial charge is 0.353 e. The van der Waals surface area contributed by atoms with Gasteiger partial charge in [-0.3, -0.25) is 9.36 Å². The van der Waals surface area contributed by atoms with E-state index in [1.807, 2.05) is 35.7 Å². The molecule has 1 N–H and O–H groups in total. The summed E-state index contributed by atoms with van der Waals surface area (Å²) in [6.45, 7) is 4.86. The van der Waals surface area contributed by atoms with Crippen LogP contribution in [-0.2, 0) is 11.3 Å². The smallest absolute Gasteiger partial charge is 0.230 e. The van der Waals surface area contributed by atoms with Crippen molar-refractivity contribution in [1.82, 2.24) is 20.1 Å². The number of amides is 1. The lowest BCUT2D eigenvalue weighted by Gasteiger charge is -2.14. The van der Waals surface area contributed by atoms with Gasteiger partial charge in [0, 0.05) is 6.04 Å². The molecule has 0 saturated heterocycles. The third kappa shape index (κ3) is 5.20. The minimum absolute atomic E-state index is 0.0423. The molecule has 0 unspecified atom stereocenters. The third-order valence-corrected chi connectivity index (χ3v) is 6.16. The van der Waals surface area contributed by atoms with Crippen LogP contribution in [0.2, 0.25) is 0 Å². The van der Waals surface area contributed by atoms with Crippen LogP contribution in [-0.4, -0.2) is 32.5 Å². The molecule has 0 aliphatic rings. The van der Waals surface area contributed by atoms with Gasteiger partial charge in [0.2, 0.25) is 5.91 Å². The second-order valence-corrected chi connectivity index (χ2v) is 8.12. The van der Waals surface area contributed by atoms with E-state index in [1.54, 1.807) is 11.3 Å². The average molecular weight is 401 g/mol. The molecule has 7 heteroatoms. The van der Waals surface area contributed by atoms with Crippen molar-refractivity contribution in [2.45, 2.75) is 44.4 Å². The Morgan fingerprint density at radius 2 is 1.93 bits per heavy atom. The number of thioether (sulfide) groups is 1. The average Bonchev–Trinajstić information content (AvgIpc) is 3.35. The van der Waals surface area contributed by atoms with Gasteiger partial charge in [0.15, 0.2) is 11.0 Å². The van der Waals surface area contributed by atoms with E-state index in [9.17, 15) is 4.79 Å². The molecule has 2 aromatic heterocycles. The standard InChI is InChI=1S/C20H24N4OS2/c1-3-16(4-2)21-18(25)14-27-20-23-22-19(17-11-8-12-26-17)24(20)13-15-9-6-5-7-10-15/h5-12,16H,3-4,13-14H2,1-2H3,(H,21,25). The van der Waals surface area contributed by atoms with Crippen molar-refractivity contribution in [3.8, 4) is 10.7 Å². The SMILES string of the molecule is CCC(CC)NC(=O)CSc1nnc(-c2cccs2)n1Cc1ccccc1. The quantitative estimate of drug-likeness (QED) is 0.539. The van der Waals surface area contributed by atoms with E-state index < -0.39 is 0 Å². The van der Waals surface area contributed by atoms with Crippen molar-refractivity contribution in [2.75, 3.05) is 5.75 Å². The van der Waals surface area contributed by atoms with E-state index >= 15 is 0 Å². The van der Waals surface area contributed by atoms with Crippen molar-refractivity contribution in [3.63, 3.8) is 0 Å². The Morgan fingerprint density at radius 1 is 1.15 bits per heavy atom. The van der Waals surface area contributed by atoms with E-state index in [4.69, 9.17) is 0 Å². The van der Waals surface area contributed by atoms with Gasteiger partial charge in [0.25, 0.3) is 0 Å². The minimum Gasteiger partial charge on any atom is -0.353 e. The van der Waals surface area contributed by atoms with E-state index in [0.717, 1.165) is 28.7 Å². The Morgan fingerprint density at radius 3 is 2.59 bits per heavy atom. The summed E-state index contributed by atoms with van der Waals surface area (Å²) in [7, 11) is 0. The van der Waals surface area contributed by atoms with Crippen molar-refractivity contribution in [3.05, 3.63) is 53.4 Å². The first-order valence-corrected chi connectivity index (χ1v) is 11.0. The molecule has 0 atom stereocenters. The first-order chi connectivity index (χ1) is 13.2. The summed E-state index contributed by atoms with van der Waals surface area (Å²) in [5.41, 5.74) is 1.18. The summed E-state index contributed by atoms with van der Waals surface area (Å²) in [6.07, 6.45) is 1.89. The van der Waals surface area contributed by atoms with Crippen LogP contribution >= 0.6 is 23.1 Å². The van der Waals surface area contributed by atoms with Gasteiger partial charge in [-0.15, -0.1) is 21.5 Å². The lowest BCUT2D eigenvalue weighted by Crippen LogP contribution is -2.35. The molecule has 0 radical (unpaired) electrons. The molecule has 0 aliphatic carbocycles. The molecule has 0 saturated carbocycles. The molecular formula is C20H24N4OS2. The van der Waals surface area contributed by atoms with Gasteiger partial charge in [0.05, 0.1) is 17.2 Å². The number of carbonyl (C=O) groups excluding carboxylic acids is 1. The molecule has 27 heavy (non-hydrogen) atoms. The fourth-order valence-electron chi connectivity index (χ4n) is 2.78. The van der Waals surface area contributed by atoms with Gasteiger partial charge in [0.1, 0.15) is 0 Å². The molecule has 0 fully saturated rings. The van der Waals surface area contributed by atoms with Gasteiger partial charge in [-0.05, 0) is 29.9 Å². The molecule has 0 bridgehead atoms. The maximum atomic E-state index is 12.3. The van der Waals surface area contributed by atoms with Crippen LogP contribution < -0.4 is 5.32 Å². The van der Waals surface area contributed by atoms with Crippen LogP contribution in [0.5, 0.6) is 0 Å². The summed E-state index contributed by atoms with van der Waals surface area (Å²) in [5.74, 6) is 1.23. The van der Waals surface area contributed by atoms with E-state index in [2.05, 4.69) is 46.1 Å². The predicted molar refractivity (Wildman–Crippen MR) is 112 cm³/mol. The molecule has 142 valence electrons. The maximum absolute atomic E-state index is 12.3. The maximum Gasteiger partial charge on any atom is 0.230 e. The van der Waals surface area contributed by atoms with Gasteiger partial charge < -0.3 is 5.32 Å². The fourth-order valence-corrected chi connectivity index (χ4v) is 4.25. The van der Waals surface area contributed by atoms with Crippen LogP contribution in [0.1, 0.15) is 32.3 Å². The molecule has 1 aromatic carbocycles.